The van der Waals surface area contributed by atoms with E-state index in [4.69, 9.17) is 5.73 Å². The molecule has 1 aromatic rings. The quantitative estimate of drug-likeness (QED) is 0.837. The summed E-state index contributed by atoms with van der Waals surface area (Å²) in [7, 11) is 0. The summed E-state index contributed by atoms with van der Waals surface area (Å²) in [5.74, 6) is -0.229. The fourth-order valence-corrected chi connectivity index (χ4v) is 1.75. The van der Waals surface area contributed by atoms with Crippen molar-refractivity contribution in [3.05, 3.63) is 30.1 Å². The van der Waals surface area contributed by atoms with Gasteiger partial charge in [0.2, 0.25) is 0 Å². The fraction of sp³-hybridized carbons (Fsp3) is 0.600. The van der Waals surface area contributed by atoms with E-state index in [2.05, 4.69) is 26.1 Å². The number of nitrogens with one attached hydrogen (secondary N) is 1. The maximum absolute atomic E-state index is 13.6. The van der Waals surface area contributed by atoms with Crippen molar-refractivity contribution in [3.63, 3.8) is 0 Å². The Kier molecular flexibility index (Phi) is 4.74. The number of rotatable bonds is 5. The normalized spacial score (nSPS) is 15.2. The van der Waals surface area contributed by atoms with Crippen molar-refractivity contribution >= 4 is 5.69 Å². The zero-order chi connectivity index (χ0) is 13.8. The molecule has 0 heterocycles. The molecular weight excluding hydrogens is 227 g/mol. The third-order valence-electron chi connectivity index (χ3n) is 3.19. The molecule has 0 aliphatic heterocycles. The molecule has 0 aliphatic carbocycles. The summed E-state index contributed by atoms with van der Waals surface area (Å²) >= 11 is 0. The van der Waals surface area contributed by atoms with E-state index in [0.717, 1.165) is 12.8 Å². The van der Waals surface area contributed by atoms with Crippen LogP contribution >= 0.6 is 0 Å². The molecule has 0 amide bonds. The van der Waals surface area contributed by atoms with Gasteiger partial charge in [0.1, 0.15) is 5.82 Å². The number of hydrogen-bond donors (Lipinski definition) is 2. The minimum absolute atomic E-state index is 0.229. The van der Waals surface area contributed by atoms with Gasteiger partial charge in [0.05, 0.1) is 5.69 Å². The molecule has 3 heteroatoms. The highest BCUT2D eigenvalue weighted by Gasteiger charge is 2.25. The van der Waals surface area contributed by atoms with Crippen LogP contribution < -0.4 is 11.1 Å². The molecule has 18 heavy (non-hydrogen) atoms. The monoisotopic (exact) mass is 252 g/mol. The SMILES string of the molecule is CC(C)(C)CCC(C)(CN)Nc1ccccc1F. The van der Waals surface area contributed by atoms with Crippen molar-refractivity contribution in [1.82, 2.24) is 0 Å². The molecule has 0 saturated carbocycles. The number of halogens is 1. The van der Waals surface area contributed by atoms with E-state index in [-0.39, 0.29) is 16.8 Å². The van der Waals surface area contributed by atoms with Crippen molar-refractivity contribution in [2.24, 2.45) is 11.1 Å². The smallest absolute Gasteiger partial charge is 0.146 e. The largest absolute Gasteiger partial charge is 0.376 e. The van der Waals surface area contributed by atoms with Gasteiger partial charge in [-0.3, -0.25) is 0 Å². The summed E-state index contributed by atoms with van der Waals surface area (Å²) in [5.41, 5.74) is 6.37. The van der Waals surface area contributed by atoms with E-state index < -0.39 is 0 Å². The number of hydrogen-bond acceptors (Lipinski definition) is 2. The van der Waals surface area contributed by atoms with Crippen LogP contribution in [-0.4, -0.2) is 12.1 Å². The Balaban J connectivity index is 2.74. The zero-order valence-corrected chi connectivity index (χ0v) is 11.9. The Labute approximate surface area is 110 Å². The molecule has 0 saturated heterocycles. The van der Waals surface area contributed by atoms with E-state index in [1.165, 1.54) is 6.07 Å². The van der Waals surface area contributed by atoms with Crippen LogP contribution in [-0.2, 0) is 0 Å². The average Bonchev–Trinajstić information content (AvgIpc) is 2.29. The predicted octanol–water partition coefficient (Wildman–Crippen LogP) is 3.78. The van der Waals surface area contributed by atoms with E-state index in [9.17, 15) is 4.39 Å². The lowest BCUT2D eigenvalue weighted by molar-refractivity contribution is 0.319. The minimum atomic E-state index is -0.268. The Morgan fingerprint density at radius 2 is 1.72 bits per heavy atom. The van der Waals surface area contributed by atoms with Gasteiger partial charge in [-0.15, -0.1) is 0 Å². The summed E-state index contributed by atoms with van der Waals surface area (Å²) < 4.78 is 13.6. The number of anilines is 1. The predicted molar refractivity (Wildman–Crippen MR) is 76.2 cm³/mol. The molecule has 1 aromatic carbocycles. The summed E-state index contributed by atoms with van der Waals surface area (Å²) in [6.45, 7) is 9.13. The lowest BCUT2D eigenvalue weighted by atomic mass is 9.84. The van der Waals surface area contributed by atoms with Gasteiger partial charge in [-0.25, -0.2) is 4.39 Å². The lowest BCUT2D eigenvalue weighted by Gasteiger charge is -2.33. The summed E-state index contributed by atoms with van der Waals surface area (Å²) in [6, 6.07) is 6.73. The third-order valence-corrected chi connectivity index (χ3v) is 3.19. The highest BCUT2D eigenvalue weighted by atomic mass is 19.1. The van der Waals surface area contributed by atoms with E-state index >= 15 is 0 Å². The molecule has 1 rings (SSSR count). The van der Waals surface area contributed by atoms with Crippen LogP contribution in [0.3, 0.4) is 0 Å². The Morgan fingerprint density at radius 3 is 2.22 bits per heavy atom. The standard InChI is InChI=1S/C15H25FN2/c1-14(2,3)9-10-15(4,11-17)18-13-8-6-5-7-12(13)16/h5-8,18H,9-11,17H2,1-4H3. The number of nitrogens with two attached hydrogens (primary N) is 1. The highest BCUT2D eigenvalue weighted by Crippen LogP contribution is 2.28. The van der Waals surface area contributed by atoms with Crippen molar-refractivity contribution < 1.29 is 4.39 Å². The van der Waals surface area contributed by atoms with Crippen LogP contribution in [0, 0.1) is 11.2 Å². The first kappa shape index (κ1) is 15.0. The summed E-state index contributed by atoms with van der Waals surface area (Å²) in [6.07, 6.45) is 1.96. The van der Waals surface area contributed by atoms with Gasteiger partial charge in [-0.05, 0) is 37.3 Å². The van der Waals surface area contributed by atoms with Crippen LogP contribution in [0.2, 0.25) is 0 Å². The van der Waals surface area contributed by atoms with Crippen LogP contribution in [0.15, 0.2) is 24.3 Å². The molecule has 0 radical (unpaired) electrons. The first-order valence-corrected chi connectivity index (χ1v) is 6.49. The topological polar surface area (TPSA) is 38.0 Å². The van der Waals surface area contributed by atoms with Crippen LogP contribution in [0.4, 0.5) is 10.1 Å². The molecule has 0 aliphatic rings. The maximum atomic E-state index is 13.6. The van der Waals surface area contributed by atoms with Crippen LogP contribution in [0.5, 0.6) is 0 Å². The van der Waals surface area contributed by atoms with Gasteiger partial charge in [0.25, 0.3) is 0 Å². The van der Waals surface area contributed by atoms with Crippen LogP contribution in [0.25, 0.3) is 0 Å². The molecule has 102 valence electrons. The lowest BCUT2D eigenvalue weighted by Crippen LogP contribution is -2.43. The minimum Gasteiger partial charge on any atom is -0.376 e. The van der Waals surface area contributed by atoms with Gasteiger partial charge >= 0.3 is 0 Å². The van der Waals surface area contributed by atoms with Gasteiger partial charge in [-0.1, -0.05) is 32.9 Å². The van der Waals surface area contributed by atoms with Crippen molar-refractivity contribution in [2.75, 3.05) is 11.9 Å². The van der Waals surface area contributed by atoms with Gasteiger partial charge in [-0.2, -0.15) is 0 Å². The first-order valence-electron chi connectivity index (χ1n) is 6.49. The molecule has 0 aromatic heterocycles. The Morgan fingerprint density at radius 1 is 1.11 bits per heavy atom. The van der Waals surface area contributed by atoms with Gasteiger partial charge < -0.3 is 11.1 Å². The first-order chi connectivity index (χ1) is 8.26. The summed E-state index contributed by atoms with van der Waals surface area (Å²) in [4.78, 5) is 0. The average molecular weight is 252 g/mol. The molecule has 0 fully saturated rings. The number of benzene rings is 1. The van der Waals surface area contributed by atoms with E-state index in [1.807, 2.05) is 13.0 Å². The molecule has 3 N–H and O–H groups in total. The van der Waals surface area contributed by atoms with Crippen molar-refractivity contribution in [3.8, 4) is 0 Å². The molecule has 2 nitrogen and oxygen atoms in total. The summed E-state index contributed by atoms with van der Waals surface area (Å²) in [5, 5.41) is 3.25. The second-order valence-corrected chi connectivity index (χ2v) is 6.43. The third kappa shape index (κ3) is 4.65. The van der Waals surface area contributed by atoms with Gasteiger partial charge in [0.15, 0.2) is 0 Å². The zero-order valence-electron chi connectivity index (χ0n) is 11.9. The molecular formula is C15H25FN2. The van der Waals surface area contributed by atoms with Crippen molar-refractivity contribution in [2.45, 2.75) is 46.1 Å². The molecule has 0 bridgehead atoms. The highest BCUT2D eigenvalue weighted by molar-refractivity contribution is 5.46. The Bertz CT molecular complexity index is 384. The molecule has 1 unspecified atom stereocenters. The Hall–Kier alpha value is -1.09. The second kappa shape index (κ2) is 5.70. The van der Waals surface area contributed by atoms with E-state index in [1.54, 1.807) is 12.1 Å². The van der Waals surface area contributed by atoms with Gasteiger partial charge in [0, 0.05) is 12.1 Å². The maximum Gasteiger partial charge on any atom is 0.146 e. The van der Waals surface area contributed by atoms with E-state index in [0.29, 0.717) is 12.2 Å². The van der Waals surface area contributed by atoms with Crippen LogP contribution in [0.1, 0.15) is 40.5 Å². The van der Waals surface area contributed by atoms with Crippen molar-refractivity contribution in [1.29, 1.82) is 0 Å². The molecule has 0 spiro atoms. The molecule has 1 atom stereocenters. The number of para-hydroxylation sites is 1. The second-order valence-electron chi connectivity index (χ2n) is 6.43. The fourth-order valence-electron chi connectivity index (χ4n) is 1.75.